The minimum atomic E-state index is 0.422. The Hall–Kier alpha value is -2.28. The molecule has 7 heteroatoms. The Morgan fingerprint density at radius 2 is 2.11 bits per heavy atom. The van der Waals surface area contributed by atoms with E-state index in [4.69, 9.17) is 4.52 Å². The maximum atomic E-state index is 5.24. The van der Waals surface area contributed by atoms with Crippen molar-refractivity contribution in [3.8, 4) is 23.0 Å². The van der Waals surface area contributed by atoms with Crippen LogP contribution < -0.4 is 0 Å². The number of pyridine rings is 1. The third-order valence-electron chi connectivity index (χ3n) is 2.41. The molecule has 3 rings (SSSR count). The van der Waals surface area contributed by atoms with Crippen molar-refractivity contribution < 1.29 is 4.52 Å². The molecule has 3 aromatic heterocycles. The van der Waals surface area contributed by atoms with Crippen molar-refractivity contribution in [1.82, 2.24) is 25.1 Å². The summed E-state index contributed by atoms with van der Waals surface area (Å²) in [6.07, 6.45) is 8.45. The summed E-state index contributed by atoms with van der Waals surface area (Å²) in [4.78, 5) is 16.6. The van der Waals surface area contributed by atoms with E-state index < -0.39 is 0 Å². The summed E-state index contributed by atoms with van der Waals surface area (Å²) >= 11 is 1.56. The number of thioether (sulfide) groups is 1. The number of hydrogen-bond acceptors (Lipinski definition) is 7. The topological polar surface area (TPSA) is 77.6 Å². The lowest BCUT2D eigenvalue weighted by atomic mass is 10.3. The molecule has 0 aromatic carbocycles. The van der Waals surface area contributed by atoms with E-state index >= 15 is 0 Å². The maximum absolute atomic E-state index is 5.24. The van der Waals surface area contributed by atoms with Crippen LogP contribution in [-0.4, -0.2) is 31.3 Å². The van der Waals surface area contributed by atoms with Gasteiger partial charge in [0.15, 0.2) is 0 Å². The molecule has 0 aliphatic heterocycles. The fourth-order valence-corrected chi connectivity index (χ4v) is 1.92. The van der Waals surface area contributed by atoms with Gasteiger partial charge < -0.3 is 4.52 Å². The fourth-order valence-electron chi connectivity index (χ4n) is 1.51. The van der Waals surface area contributed by atoms with Gasteiger partial charge in [0.2, 0.25) is 5.82 Å². The van der Waals surface area contributed by atoms with Gasteiger partial charge in [0.05, 0.1) is 11.2 Å². The molecular weight excluding hydrogens is 262 g/mol. The van der Waals surface area contributed by atoms with Crippen molar-refractivity contribution >= 4 is 11.8 Å². The van der Waals surface area contributed by atoms with E-state index in [0.717, 1.165) is 10.6 Å². The Kier molecular flexibility index (Phi) is 3.20. The van der Waals surface area contributed by atoms with Gasteiger partial charge in [-0.2, -0.15) is 4.98 Å². The summed E-state index contributed by atoms with van der Waals surface area (Å²) in [6.45, 7) is 0. The first-order valence-electron chi connectivity index (χ1n) is 5.47. The van der Waals surface area contributed by atoms with E-state index in [1.54, 1.807) is 36.5 Å². The van der Waals surface area contributed by atoms with E-state index in [9.17, 15) is 0 Å². The van der Waals surface area contributed by atoms with E-state index in [-0.39, 0.29) is 0 Å². The molecule has 0 fully saturated rings. The van der Waals surface area contributed by atoms with Crippen molar-refractivity contribution in [3.63, 3.8) is 0 Å². The molecule has 0 saturated heterocycles. The first-order chi connectivity index (χ1) is 9.36. The van der Waals surface area contributed by atoms with Gasteiger partial charge in [-0.15, -0.1) is 11.8 Å². The van der Waals surface area contributed by atoms with Crippen LogP contribution in [0.4, 0.5) is 0 Å². The molecule has 0 bridgehead atoms. The molecule has 94 valence electrons. The Morgan fingerprint density at radius 3 is 2.89 bits per heavy atom. The SMILES string of the molecule is CSc1cc(-c2nc(-c3cnccn3)no2)ccn1. The van der Waals surface area contributed by atoms with Crippen LogP contribution in [0, 0.1) is 0 Å². The lowest BCUT2D eigenvalue weighted by Crippen LogP contribution is -1.86. The van der Waals surface area contributed by atoms with Crippen LogP contribution in [0.15, 0.2) is 46.5 Å². The highest BCUT2D eigenvalue weighted by atomic mass is 32.2. The highest BCUT2D eigenvalue weighted by Crippen LogP contribution is 2.23. The second kappa shape index (κ2) is 5.15. The lowest BCUT2D eigenvalue weighted by molar-refractivity contribution is 0.432. The van der Waals surface area contributed by atoms with Gasteiger partial charge in [-0.25, -0.2) is 9.97 Å². The van der Waals surface area contributed by atoms with Crippen molar-refractivity contribution in [2.45, 2.75) is 5.03 Å². The minimum Gasteiger partial charge on any atom is -0.334 e. The molecule has 0 N–H and O–H groups in total. The molecule has 0 unspecified atom stereocenters. The summed E-state index contributed by atoms with van der Waals surface area (Å²) in [5, 5.41) is 4.80. The Balaban J connectivity index is 1.97. The van der Waals surface area contributed by atoms with Gasteiger partial charge >= 0.3 is 0 Å². The molecule has 6 nitrogen and oxygen atoms in total. The van der Waals surface area contributed by atoms with Crippen LogP contribution in [0.2, 0.25) is 0 Å². The van der Waals surface area contributed by atoms with Crippen molar-refractivity contribution in [1.29, 1.82) is 0 Å². The van der Waals surface area contributed by atoms with Crippen LogP contribution in [0.3, 0.4) is 0 Å². The van der Waals surface area contributed by atoms with Gasteiger partial charge in [0, 0.05) is 24.2 Å². The predicted molar refractivity (Wildman–Crippen MR) is 70.3 cm³/mol. The Labute approximate surface area is 113 Å². The van der Waals surface area contributed by atoms with Gasteiger partial charge in [-0.05, 0) is 18.4 Å². The third kappa shape index (κ3) is 2.45. The van der Waals surface area contributed by atoms with Crippen molar-refractivity contribution in [2.75, 3.05) is 6.26 Å². The summed E-state index contributed by atoms with van der Waals surface area (Å²) in [5.74, 6) is 0.865. The molecule has 0 atom stereocenters. The molecule has 0 amide bonds. The minimum absolute atomic E-state index is 0.422. The van der Waals surface area contributed by atoms with Crippen LogP contribution in [0.1, 0.15) is 0 Å². The Bertz CT molecular complexity index is 685. The van der Waals surface area contributed by atoms with Crippen LogP contribution in [0.5, 0.6) is 0 Å². The molecule has 0 aliphatic rings. The molecule has 0 radical (unpaired) electrons. The highest BCUT2D eigenvalue weighted by Gasteiger charge is 2.12. The molecule has 0 aliphatic carbocycles. The predicted octanol–water partition coefficient (Wildman–Crippen LogP) is 2.31. The lowest BCUT2D eigenvalue weighted by Gasteiger charge is -1.96. The maximum Gasteiger partial charge on any atom is 0.258 e. The second-order valence-corrected chi connectivity index (χ2v) is 4.43. The summed E-state index contributed by atoms with van der Waals surface area (Å²) in [5.41, 5.74) is 1.42. The number of hydrogen-bond donors (Lipinski definition) is 0. The summed E-state index contributed by atoms with van der Waals surface area (Å²) in [6, 6.07) is 3.73. The number of aromatic nitrogens is 5. The largest absolute Gasteiger partial charge is 0.334 e. The van der Waals surface area contributed by atoms with Gasteiger partial charge in [-0.1, -0.05) is 5.16 Å². The smallest absolute Gasteiger partial charge is 0.258 e. The van der Waals surface area contributed by atoms with Crippen LogP contribution in [-0.2, 0) is 0 Å². The molecular formula is C12H9N5OS. The summed E-state index contributed by atoms with van der Waals surface area (Å²) < 4.78 is 5.24. The van der Waals surface area contributed by atoms with Crippen LogP contribution in [0.25, 0.3) is 23.0 Å². The zero-order valence-corrected chi connectivity index (χ0v) is 10.8. The normalized spacial score (nSPS) is 10.6. The summed E-state index contributed by atoms with van der Waals surface area (Å²) in [7, 11) is 0. The first kappa shape index (κ1) is 11.8. The van der Waals surface area contributed by atoms with E-state index in [2.05, 4.69) is 25.1 Å². The first-order valence-corrected chi connectivity index (χ1v) is 6.70. The molecule has 3 heterocycles. The van der Waals surface area contributed by atoms with Gasteiger partial charge in [0.25, 0.3) is 5.89 Å². The second-order valence-electron chi connectivity index (χ2n) is 3.60. The van der Waals surface area contributed by atoms with Crippen molar-refractivity contribution in [3.05, 3.63) is 36.9 Å². The van der Waals surface area contributed by atoms with Crippen molar-refractivity contribution in [2.24, 2.45) is 0 Å². The number of rotatable bonds is 3. The average molecular weight is 271 g/mol. The molecule has 0 saturated carbocycles. The van der Waals surface area contributed by atoms with E-state index in [1.807, 2.05) is 18.4 Å². The molecule has 3 aromatic rings. The molecule has 0 spiro atoms. The zero-order chi connectivity index (χ0) is 13.1. The average Bonchev–Trinajstić information content (AvgIpc) is 2.98. The third-order valence-corrected chi connectivity index (χ3v) is 3.05. The van der Waals surface area contributed by atoms with Crippen LogP contribution >= 0.6 is 11.8 Å². The zero-order valence-electron chi connectivity index (χ0n) is 10.0. The van der Waals surface area contributed by atoms with Gasteiger partial charge in [-0.3, -0.25) is 4.98 Å². The quantitative estimate of drug-likeness (QED) is 0.676. The highest BCUT2D eigenvalue weighted by molar-refractivity contribution is 7.98. The fraction of sp³-hybridized carbons (Fsp3) is 0.0833. The van der Waals surface area contributed by atoms with Gasteiger partial charge in [0.1, 0.15) is 5.69 Å². The molecule has 19 heavy (non-hydrogen) atoms. The van der Waals surface area contributed by atoms with E-state index in [0.29, 0.717) is 17.4 Å². The number of nitrogens with zero attached hydrogens (tertiary/aromatic N) is 5. The standard InChI is InChI=1S/C12H9N5OS/c1-19-10-6-8(2-3-15-10)12-16-11(17-18-12)9-7-13-4-5-14-9/h2-7H,1H3. The Morgan fingerprint density at radius 1 is 1.16 bits per heavy atom. The monoisotopic (exact) mass is 271 g/mol. The van der Waals surface area contributed by atoms with E-state index in [1.165, 1.54) is 0 Å².